The Morgan fingerprint density at radius 2 is 1.67 bits per heavy atom. The Morgan fingerprint density at radius 3 is 1.75 bits per heavy atom. The SMILES string of the molecule is CCS(CC)(CC)O[P+](=O)O.[H-].[H-].[Mg+2]. The molecule has 6 heteroatoms. The fourth-order valence-electron chi connectivity index (χ4n) is 0.906. The molecule has 0 rings (SSSR count). The van der Waals surface area contributed by atoms with Crippen LogP contribution >= 0.6 is 18.6 Å². The van der Waals surface area contributed by atoms with E-state index < -0.39 is 18.6 Å². The van der Waals surface area contributed by atoms with E-state index in [4.69, 9.17) is 8.86 Å². The van der Waals surface area contributed by atoms with Crippen molar-refractivity contribution >= 4 is 41.6 Å². The van der Waals surface area contributed by atoms with Crippen molar-refractivity contribution in [3.8, 4) is 0 Å². The van der Waals surface area contributed by atoms with Crippen molar-refractivity contribution in [3.63, 3.8) is 0 Å². The zero-order valence-electron chi connectivity index (χ0n) is 9.95. The molecular weight excluding hydrogens is 207 g/mol. The van der Waals surface area contributed by atoms with Gasteiger partial charge in [0, 0.05) is 21.8 Å². The predicted molar refractivity (Wildman–Crippen MR) is 58.1 cm³/mol. The van der Waals surface area contributed by atoms with Gasteiger partial charge in [-0.3, -0.25) is 0 Å². The van der Waals surface area contributed by atoms with Crippen molar-refractivity contribution < 1.29 is 16.3 Å². The summed E-state index contributed by atoms with van der Waals surface area (Å²) in [7, 11) is -3.66. The van der Waals surface area contributed by atoms with Crippen LogP contribution in [0.15, 0.2) is 0 Å². The monoisotopic (exact) mass is 225 g/mol. The summed E-state index contributed by atoms with van der Waals surface area (Å²) in [6.45, 7) is 6.00. The maximum atomic E-state index is 10.4. The molecule has 0 aromatic rings. The van der Waals surface area contributed by atoms with Gasteiger partial charge in [-0.25, -0.2) is 0 Å². The van der Waals surface area contributed by atoms with Crippen molar-refractivity contribution in [2.75, 3.05) is 17.3 Å². The Labute approximate surface area is 95.9 Å². The Bertz CT molecular complexity index is 141. The van der Waals surface area contributed by atoms with Crippen LogP contribution in [0, 0.1) is 0 Å². The minimum Gasteiger partial charge on any atom is -1.00 e. The smallest absolute Gasteiger partial charge is 1.00 e. The molecule has 0 aromatic carbocycles. The van der Waals surface area contributed by atoms with Crippen molar-refractivity contribution in [2.45, 2.75) is 20.8 Å². The van der Waals surface area contributed by atoms with E-state index in [1.807, 2.05) is 20.8 Å². The molecule has 0 fully saturated rings. The van der Waals surface area contributed by atoms with E-state index >= 15 is 0 Å². The van der Waals surface area contributed by atoms with E-state index in [0.717, 1.165) is 17.3 Å². The molecule has 0 aromatic heterocycles. The number of hydrogen-bond acceptors (Lipinski definition) is 2. The second-order valence-electron chi connectivity index (χ2n) is 2.14. The van der Waals surface area contributed by atoms with Gasteiger partial charge in [0.2, 0.25) is 0 Å². The summed E-state index contributed by atoms with van der Waals surface area (Å²) in [5, 5.41) is 0. The zero-order valence-corrected chi connectivity index (χ0v) is 11.1. The first kappa shape index (κ1) is 15.6. The molecule has 0 heterocycles. The minimum atomic E-state index is -2.42. The van der Waals surface area contributed by atoms with Gasteiger partial charge in [0.15, 0.2) is 0 Å². The molecule has 0 aliphatic heterocycles. The van der Waals surface area contributed by atoms with E-state index in [2.05, 4.69) is 0 Å². The molecule has 1 atom stereocenters. The number of rotatable bonds is 5. The van der Waals surface area contributed by atoms with Crippen LogP contribution in [-0.2, 0) is 8.54 Å². The van der Waals surface area contributed by atoms with Gasteiger partial charge in [-0.2, -0.15) is 0 Å². The van der Waals surface area contributed by atoms with E-state index in [9.17, 15) is 4.57 Å². The Kier molecular flexibility index (Phi) is 9.79. The van der Waals surface area contributed by atoms with Crippen LogP contribution in [0.2, 0.25) is 0 Å². The molecule has 0 aliphatic rings. The van der Waals surface area contributed by atoms with Crippen LogP contribution in [-0.4, -0.2) is 45.2 Å². The fourth-order valence-corrected chi connectivity index (χ4v) is 4.48. The molecule has 3 nitrogen and oxygen atoms in total. The van der Waals surface area contributed by atoms with Crippen molar-refractivity contribution in [2.24, 2.45) is 0 Å². The summed E-state index contributed by atoms with van der Waals surface area (Å²) in [5.41, 5.74) is 0. The van der Waals surface area contributed by atoms with E-state index in [1.54, 1.807) is 0 Å². The van der Waals surface area contributed by atoms with E-state index in [0.29, 0.717) is 0 Å². The third-order valence-electron chi connectivity index (χ3n) is 1.80. The second kappa shape index (κ2) is 7.53. The molecule has 1 N–H and O–H groups in total. The summed E-state index contributed by atoms with van der Waals surface area (Å²) >= 11 is 0. The maximum Gasteiger partial charge on any atom is 2.00 e. The predicted octanol–water partition coefficient (Wildman–Crippen LogP) is 2.28. The molecule has 0 spiro atoms. The van der Waals surface area contributed by atoms with Crippen LogP contribution in [0.4, 0.5) is 0 Å². The molecule has 0 aliphatic carbocycles. The van der Waals surface area contributed by atoms with Crippen molar-refractivity contribution in [3.05, 3.63) is 0 Å². The third kappa shape index (κ3) is 4.99. The molecule has 0 saturated carbocycles. The van der Waals surface area contributed by atoms with Gasteiger partial charge < -0.3 is 2.85 Å². The van der Waals surface area contributed by atoms with Crippen LogP contribution in [0.1, 0.15) is 23.6 Å². The molecular formula is C6H18MgO3PS+. The van der Waals surface area contributed by atoms with Gasteiger partial charge in [-0.1, -0.05) is 35.1 Å². The first-order valence-electron chi connectivity index (χ1n) is 3.72. The average molecular weight is 226 g/mol. The molecule has 12 heavy (non-hydrogen) atoms. The van der Waals surface area contributed by atoms with Crippen molar-refractivity contribution in [1.29, 1.82) is 0 Å². The van der Waals surface area contributed by atoms with Crippen LogP contribution in [0.3, 0.4) is 0 Å². The van der Waals surface area contributed by atoms with Crippen LogP contribution in [0.25, 0.3) is 0 Å². The summed E-state index contributed by atoms with van der Waals surface area (Å²) in [4.78, 5) is 8.59. The van der Waals surface area contributed by atoms with Crippen molar-refractivity contribution in [1.82, 2.24) is 0 Å². The summed E-state index contributed by atoms with van der Waals surface area (Å²) in [6.07, 6.45) is 0. The summed E-state index contributed by atoms with van der Waals surface area (Å²) in [6, 6.07) is 0. The quantitative estimate of drug-likeness (QED) is 0.577. The van der Waals surface area contributed by atoms with Gasteiger partial charge in [-0.05, 0) is 0 Å². The Morgan fingerprint density at radius 1 is 1.33 bits per heavy atom. The molecule has 72 valence electrons. The molecule has 1 unspecified atom stereocenters. The largest absolute Gasteiger partial charge is 2.00 e. The third-order valence-corrected chi connectivity index (χ3v) is 6.73. The first-order chi connectivity index (χ1) is 5.10. The maximum absolute atomic E-state index is 10.4. The molecule has 0 bridgehead atoms. The Balaban J connectivity index is -0.000000167. The van der Waals surface area contributed by atoms with Crippen LogP contribution in [0.5, 0.6) is 0 Å². The van der Waals surface area contributed by atoms with E-state index in [1.165, 1.54) is 0 Å². The fraction of sp³-hybridized carbons (Fsp3) is 1.00. The molecule has 0 saturated heterocycles. The summed E-state index contributed by atoms with van der Waals surface area (Å²) < 4.78 is 15.5. The van der Waals surface area contributed by atoms with Gasteiger partial charge in [0.05, 0.1) is 0 Å². The minimum absolute atomic E-state index is 0. The van der Waals surface area contributed by atoms with E-state index in [-0.39, 0.29) is 25.9 Å². The normalized spacial score (nSPS) is 13.5. The summed E-state index contributed by atoms with van der Waals surface area (Å²) in [5.74, 6) is 2.59. The van der Waals surface area contributed by atoms with Gasteiger partial charge in [0.1, 0.15) is 0 Å². The second-order valence-corrected chi connectivity index (χ2v) is 6.88. The van der Waals surface area contributed by atoms with Gasteiger partial charge in [0.25, 0.3) is 0 Å². The Hall–Kier alpha value is 1.14. The zero-order chi connectivity index (χ0) is 8.91. The van der Waals surface area contributed by atoms with Crippen LogP contribution < -0.4 is 0 Å². The molecule has 0 amide bonds. The standard InChI is InChI=1S/C6H15O3PS.Mg.2H/c1-4-11(5-2,6-3)9-10(7)8;;;/h4-6H2,1-3H3;;;/q;+2;2*-1/p+1. The average Bonchev–Trinajstić information content (AvgIpc) is 2.00. The van der Waals surface area contributed by atoms with Gasteiger partial charge in [-0.15, -0.1) is 4.89 Å². The van der Waals surface area contributed by atoms with Gasteiger partial charge >= 0.3 is 31.3 Å². The first-order valence-corrected chi connectivity index (χ1v) is 6.91. The topological polar surface area (TPSA) is 46.5 Å². The molecule has 0 radical (unpaired) electrons. The number of hydrogen-bond donors (Lipinski definition) is 1.